The lowest BCUT2D eigenvalue weighted by Gasteiger charge is -2.22. The van der Waals surface area contributed by atoms with E-state index >= 15 is 0 Å². The van der Waals surface area contributed by atoms with Crippen LogP contribution in [-0.4, -0.2) is 10.2 Å². The molecule has 2 N–H and O–H groups in total. The number of phenols is 2. The molecule has 0 bridgehead atoms. The molecule has 6 aromatic carbocycles. The fourth-order valence-electron chi connectivity index (χ4n) is 6.63. The van der Waals surface area contributed by atoms with E-state index in [0.717, 1.165) is 68.8 Å². The van der Waals surface area contributed by atoms with E-state index in [2.05, 4.69) is 74.5 Å². The Labute approximate surface area is 236 Å². The summed E-state index contributed by atoms with van der Waals surface area (Å²) in [6, 6.07) is 29.3. The minimum atomic E-state index is 0.349. The SMILES string of the molecule is CCCCCc1cccc2c(O)c3ccccc3c(-c3c4ccccc4c(O)c4cccc(CCCCC)c34)c12. The molecule has 0 heterocycles. The van der Waals surface area contributed by atoms with Crippen LogP contribution in [0, 0.1) is 0 Å². The van der Waals surface area contributed by atoms with Crippen LogP contribution in [0.5, 0.6) is 11.5 Å². The highest BCUT2D eigenvalue weighted by Gasteiger charge is 2.23. The van der Waals surface area contributed by atoms with Gasteiger partial charge in [-0.15, -0.1) is 0 Å². The fraction of sp³-hybridized carbons (Fsp3) is 0.263. The molecule has 0 radical (unpaired) electrons. The van der Waals surface area contributed by atoms with Crippen LogP contribution in [0.4, 0.5) is 0 Å². The zero-order chi connectivity index (χ0) is 27.6. The number of rotatable bonds is 9. The number of unbranched alkanes of at least 4 members (excludes halogenated alkanes) is 4. The summed E-state index contributed by atoms with van der Waals surface area (Å²) in [4.78, 5) is 0. The third-order valence-corrected chi connectivity index (χ3v) is 8.56. The Morgan fingerprint density at radius 3 is 1.20 bits per heavy atom. The lowest BCUT2D eigenvalue weighted by molar-refractivity contribution is 0.487. The zero-order valence-corrected chi connectivity index (χ0v) is 23.6. The van der Waals surface area contributed by atoms with Crippen LogP contribution in [0.15, 0.2) is 84.9 Å². The summed E-state index contributed by atoms with van der Waals surface area (Å²) in [5.41, 5.74) is 4.88. The predicted octanol–water partition coefficient (Wildman–Crippen LogP) is 10.8. The fourth-order valence-corrected chi connectivity index (χ4v) is 6.63. The maximum Gasteiger partial charge on any atom is 0.131 e. The minimum Gasteiger partial charge on any atom is -0.507 e. The average Bonchev–Trinajstić information content (AvgIpc) is 2.99. The molecule has 0 aliphatic carbocycles. The topological polar surface area (TPSA) is 40.5 Å². The van der Waals surface area contributed by atoms with E-state index < -0.39 is 0 Å². The number of hydrogen-bond donors (Lipinski definition) is 2. The van der Waals surface area contributed by atoms with Crippen molar-refractivity contribution in [2.45, 2.75) is 65.2 Å². The van der Waals surface area contributed by atoms with Crippen molar-refractivity contribution in [3.05, 3.63) is 96.1 Å². The molecule has 0 amide bonds. The van der Waals surface area contributed by atoms with Crippen LogP contribution in [0.3, 0.4) is 0 Å². The highest BCUT2D eigenvalue weighted by molar-refractivity contribution is 6.27. The van der Waals surface area contributed by atoms with Gasteiger partial charge in [-0.2, -0.15) is 0 Å². The Morgan fingerprint density at radius 2 is 0.800 bits per heavy atom. The molecular weight excluding hydrogens is 488 g/mol. The van der Waals surface area contributed by atoms with Crippen molar-refractivity contribution in [3.8, 4) is 22.6 Å². The molecule has 2 heteroatoms. The lowest BCUT2D eigenvalue weighted by Crippen LogP contribution is -1.97. The van der Waals surface area contributed by atoms with Gasteiger partial charge in [0, 0.05) is 21.5 Å². The summed E-state index contributed by atoms with van der Waals surface area (Å²) in [5, 5.41) is 31.1. The van der Waals surface area contributed by atoms with Gasteiger partial charge in [-0.25, -0.2) is 0 Å². The number of aromatic hydroxyl groups is 2. The van der Waals surface area contributed by atoms with Crippen LogP contribution in [0.1, 0.15) is 63.5 Å². The van der Waals surface area contributed by atoms with Crippen LogP contribution in [0.2, 0.25) is 0 Å². The van der Waals surface area contributed by atoms with E-state index in [0.29, 0.717) is 11.5 Å². The quantitative estimate of drug-likeness (QED) is 0.145. The molecule has 0 spiro atoms. The van der Waals surface area contributed by atoms with Gasteiger partial charge in [0.25, 0.3) is 0 Å². The average molecular weight is 527 g/mol. The first-order chi connectivity index (χ1) is 19.7. The first-order valence-corrected chi connectivity index (χ1v) is 15.0. The third-order valence-electron chi connectivity index (χ3n) is 8.56. The first kappa shape index (κ1) is 26.2. The second kappa shape index (κ2) is 11.2. The van der Waals surface area contributed by atoms with E-state index in [1.54, 1.807) is 0 Å². The molecule has 202 valence electrons. The highest BCUT2D eigenvalue weighted by atomic mass is 16.3. The Balaban J connectivity index is 1.84. The van der Waals surface area contributed by atoms with Gasteiger partial charge in [-0.05, 0) is 69.5 Å². The van der Waals surface area contributed by atoms with Gasteiger partial charge in [0.1, 0.15) is 11.5 Å². The van der Waals surface area contributed by atoms with Crippen LogP contribution >= 0.6 is 0 Å². The Hall–Kier alpha value is -4.04. The molecule has 0 aliphatic rings. The lowest BCUT2D eigenvalue weighted by atomic mass is 9.82. The van der Waals surface area contributed by atoms with Gasteiger partial charge in [0.05, 0.1) is 0 Å². The molecule has 0 atom stereocenters. The van der Waals surface area contributed by atoms with E-state index in [1.807, 2.05) is 24.3 Å². The number of benzene rings is 6. The smallest absolute Gasteiger partial charge is 0.131 e. The summed E-state index contributed by atoms with van der Waals surface area (Å²) >= 11 is 0. The van der Waals surface area contributed by atoms with Crippen molar-refractivity contribution >= 4 is 43.1 Å². The predicted molar refractivity (Wildman–Crippen MR) is 172 cm³/mol. The maximum atomic E-state index is 11.6. The van der Waals surface area contributed by atoms with Crippen molar-refractivity contribution in [3.63, 3.8) is 0 Å². The van der Waals surface area contributed by atoms with Gasteiger partial charge >= 0.3 is 0 Å². The third kappa shape index (κ3) is 4.36. The van der Waals surface area contributed by atoms with Crippen LogP contribution < -0.4 is 0 Å². The summed E-state index contributed by atoms with van der Waals surface area (Å²) in [7, 11) is 0. The van der Waals surface area contributed by atoms with Crippen LogP contribution in [-0.2, 0) is 12.8 Å². The Bertz CT molecular complexity index is 1710. The van der Waals surface area contributed by atoms with E-state index in [-0.39, 0.29) is 0 Å². The van der Waals surface area contributed by atoms with Gasteiger partial charge in [0.15, 0.2) is 0 Å². The molecule has 2 nitrogen and oxygen atoms in total. The normalized spacial score (nSPS) is 11.8. The molecule has 0 unspecified atom stereocenters. The molecule has 6 rings (SSSR count). The molecule has 0 aromatic heterocycles. The van der Waals surface area contributed by atoms with E-state index in [9.17, 15) is 10.2 Å². The van der Waals surface area contributed by atoms with E-state index in [4.69, 9.17) is 0 Å². The number of hydrogen-bond acceptors (Lipinski definition) is 2. The molecule has 0 fully saturated rings. The van der Waals surface area contributed by atoms with Gasteiger partial charge in [0.2, 0.25) is 0 Å². The largest absolute Gasteiger partial charge is 0.507 e. The van der Waals surface area contributed by atoms with Gasteiger partial charge in [-0.3, -0.25) is 0 Å². The van der Waals surface area contributed by atoms with Crippen LogP contribution in [0.25, 0.3) is 54.2 Å². The summed E-state index contributed by atoms with van der Waals surface area (Å²) in [6.45, 7) is 4.48. The second-order valence-corrected chi connectivity index (χ2v) is 11.1. The maximum absolute atomic E-state index is 11.6. The van der Waals surface area contributed by atoms with E-state index in [1.165, 1.54) is 47.9 Å². The van der Waals surface area contributed by atoms with Crippen molar-refractivity contribution in [2.75, 3.05) is 0 Å². The van der Waals surface area contributed by atoms with Crippen molar-refractivity contribution in [1.29, 1.82) is 0 Å². The second-order valence-electron chi connectivity index (χ2n) is 11.1. The highest BCUT2D eigenvalue weighted by Crippen LogP contribution is 2.51. The molecule has 40 heavy (non-hydrogen) atoms. The Morgan fingerprint density at radius 1 is 0.425 bits per heavy atom. The zero-order valence-electron chi connectivity index (χ0n) is 23.6. The Kier molecular flexibility index (Phi) is 7.34. The molecule has 0 saturated carbocycles. The first-order valence-electron chi connectivity index (χ1n) is 15.0. The van der Waals surface area contributed by atoms with Gasteiger partial charge in [-0.1, -0.05) is 124 Å². The summed E-state index contributed by atoms with van der Waals surface area (Å²) in [5.74, 6) is 0.699. The van der Waals surface area contributed by atoms with Crippen molar-refractivity contribution < 1.29 is 10.2 Å². The summed E-state index contributed by atoms with van der Waals surface area (Å²) < 4.78 is 0. The monoisotopic (exact) mass is 526 g/mol. The number of fused-ring (bicyclic) bond motifs is 4. The molecule has 0 saturated heterocycles. The molecule has 6 aromatic rings. The van der Waals surface area contributed by atoms with Crippen molar-refractivity contribution in [1.82, 2.24) is 0 Å². The minimum absolute atomic E-state index is 0.349. The summed E-state index contributed by atoms with van der Waals surface area (Å²) in [6.07, 6.45) is 8.85. The van der Waals surface area contributed by atoms with Gasteiger partial charge < -0.3 is 10.2 Å². The number of aryl methyl sites for hydroxylation is 2. The number of phenolic OH excluding ortho intramolecular Hbond substituents is 2. The van der Waals surface area contributed by atoms with Crippen molar-refractivity contribution in [2.24, 2.45) is 0 Å². The molecular formula is C38H38O2. The molecule has 0 aliphatic heterocycles. The standard InChI is InChI=1S/C38H38O2/c1-3-5-7-15-25-17-13-23-31-33(25)35(27-19-9-11-21-29(27)37(31)39)36-28-20-10-12-22-30(28)38(40)32-24-14-18-26(34(32)36)16-8-6-4-2/h9-14,17-24,39-40H,3-8,15-16H2,1-2H3.